The summed E-state index contributed by atoms with van der Waals surface area (Å²) in [5, 5.41) is 14.9. The molecule has 0 aliphatic rings. The van der Waals surface area contributed by atoms with E-state index < -0.39 is 5.41 Å². The number of anilines is 1. The minimum absolute atomic E-state index is 0.182. The van der Waals surface area contributed by atoms with Crippen molar-refractivity contribution in [3.05, 3.63) is 70.5 Å². The van der Waals surface area contributed by atoms with Crippen molar-refractivity contribution in [2.45, 2.75) is 26.3 Å². The van der Waals surface area contributed by atoms with E-state index in [1.54, 1.807) is 6.07 Å². The van der Waals surface area contributed by atoms with Crippen LogP contribution in [-0.2, 0) is 9.53 Å². The highest BCUT2D eigenvalue weighted by Crippen LogP contribution is 2.34. The number of rotatable bonds is 9. The van der Waals surface area contributed by atoms with Gasteiger partial charge in [-0.1, -0.05) is 48.5 Å². The van der Waals surface area contributed by atoms with Gasteiger partial charge in [0.05, 0.1) is 17.9 Å². The van der Waals surface area contributed by atoms with Crippen LogP contribution in [0.5, 0.6) is 0 Å². The van der Waals surface area contributed by atoms with Crippen LogP contribution in [0.25, 0.3) is 10.8 Å². The molecule has 3 N–H and O–H groups in total. The number of hydrogen-bond acceptors (Lipinski definition) is 6. The molecule has 7 heteroatoms. The number of H-pyrrole nitrogens is 1. The standard InChI is InChI=1S/C23H28N4O3/c1-23(2,22(29)30-3)19(16-10-5-4-6-11-16)24-14-9-15-25-20-17-12-7-8-13-18(17)21(28)27-26-20/h4-8,10-13,19,24H,9,14-15H2,1-3H3,(H,25,26)(H,27,28). The molecule has 0 spiro atoms. The molecule has 3 aromatic rings. The molecular weight excluding hydrogens is 380 g/mol. The first-order valence-electron chi connectivity index (χ1n) is 10.0. The summed E-state index contributed by atoms with van der Waals surface area (Å²) in [5.41, 5.74) is 0.114. The average Bonchev–Trinajstić information content (AvgIpc) is 2.77. The average molecular weight is 409 g/mol. The highest BCUT2D eigenvalue weighted by atomic mass is 16.5. The Morgan fingerprint density at radius 3 is 2.43 bits per heavy atom. The van der Waals surface area contributed by atoms with Gasteiger partial charge in [0, 0.05) is 18.0 Å². The zero-order valence-corrected chi connectivity index (χ0v) is 17.6. The number of methoxy groups -OCH3 is 1. The Balaban J connectivity index is 1.63. The Hall–Kier alpha value is -3.19. The van der Waals surface area contributed by atoms with Crippen LogP contribution in [-0.4, -0.2) is 36.4 Å². The van der Waals surface area contributed by atoms with Gasteiger partial charge < -0.3 is 15.4 Å². The van der Waals surface area contributed by atoms with E-state index in [2.05, 4.69) is 20.8 Å². The summed E-state index contributed by atoms with van der Waals surface area (Å²) in [4.78, 5) is 24.3. The van der Waals surface area contributed by atoms with Crippen LogP contribution in [0.4, 0.5) is 5.82 Å². The fraction of sp³-hybridized carbons (Fsp3) is 0.348. The molecule has 30 heavy (non-hydrogen) atoms. The van der Waals surface area contributed by atoms with Crippen LogP contribution in [0, 0.1) is 5.41 Å². The Morgan fingerprint density at radius 1 is 1.07 bits per heavy atom. The summed E-state index contributed by atoms with van der Waals surface area (Å²) in [6.45, 7) is 5.13. The molecule has 158 valence electrons. The second-order valence-electron chi connectivity index (χ2n) is 7.74. The van der Waals surface area contributed by atoms with Crippen LogP contribution in [0.15, 0.2) is 59.4 Å². The molecular formula is C23H28N4O3. The third kappa shape index (κ3) is 4.68. The number of aromatic amines is 1. The first-order valence-corrected chi connectivity index (χ1v) is 10.0. The van der Waals surface area contributed by atoms with Crippen molar-refractivity contribution in [3.63, 3.8) is 0 Å². The fourth-order valence-electron chi connectivity index (χ4n) is 3.61. The number of fused-ring (bicyclic) bond motifs is 1. The monoisotopic (exact) mass is 408 g/mol. The van der Waals surface area contributed by atoms with Crippen molar-refractivity contribution >= 4 is 22.6 Å². The molecule has 0 radical (unpaired) electrons. The number of carbonyl (C=O) groups excluding carboxylic acids is 1. The van der Waals surface area contributed by atoms with Gasteiger partial charge in [-0.15, -0.1) is 0 Å². The molecule has 0 saturated heterocycles. The normalized spacial score (nSPS) is 12.5. The van der Waals surface area contributed by atoms with E-state index in [1.165, 1.54) is 7.11 Å². The molecule has 0 aliphatic carbocycles. The maximum atomic E-state index is 12.4. The van der Waals surface area contributed by atoms with Crippen molar-refractivity contribution in [3.8, 4) is 0 Å². The highest BCUT2D eigenvalue weighted by Gasteiger charge is 2.38. The van der Waals surface area contributed by atoms with E-state index in [1.807, 2.05) is 62.4 Å². The molecule has 1 unspecified atom stereocenters. The summed E-state index contributed by atoms with van der Waals surface area (Å²) < 4.78 is 5.02. The minimum Gasteiger partial charge on any atom is -0.469 e. The molecule has 1 atom stereocenters. The summed E-state index contributed by atoms with van der Waals surface area (Å²) in [5.74, 6) is 0.394. The minimum atomic E-state index is -0.722. The van der Waals surface area contributed by atoms with Crippen molar-refractivity contribution in [1.82, 2.24) is 15.5 Å². The van der Waals surface area contributed by atoms with E-state index in [4.69, 9.17) is 4.74 Å². The summed E-state index contributed by atoms with van der Waals surface area (Å²) in [6, 6.07) is 17.1. The summed E-state index contributed by atoms with van der Waals surface area (Å²) in [6.07, 6.45) is 0.801. The van der Waals surface area contributed by atoms with Crippen molar-refractivity contribution in [2.24, 2.45) is 5.41 Å². The second-order valence-corrected chi connectivity index (χ2v) is 7.74. The lowest BCUT2D eigenvalue weighted by Gasteiger charge is -2.33. The van der Waals surface area contributed by atoms with Crippen molar-refractivity contribution < 1.29 is 9.53 Å². The number of nitrogens with zero attached hydrogens (tertiary/aromatic N) is 1. The molecule has 0 amide bonds. The second kappa shape index (κ2) is 9.54. The molecule has 7 nitrogen and oxygen atoms in total. The predicted octanol–water partition coefficient (Wildman–Crippen LogP) is 3.26. The topological polar surface area (TPSA) is 96.1 Å². The Kier molecular flexibility index (Phi) is 6.84. The summed E-state index contributed by atoms with van der Waals surface area (Å²) >= 11 is 0. The molecule has 0 fully saturated rings. The first-order chi connectivity index (χ1) is 14.4. The van der Waals surface area contributed by atoms with E-state index in [0.717, 1.165) is 17.4 Å². The zero-order valence-electron chi connectivity index (χ0n) is 17.6. The van der Waals surface area contributed by atoms with E-state index in [9.17, 15) is 9.59 Å². The Morgan fingerprint density at radius 2 is 1.73 bits per heavy atom. The molecule has 0 saturated carbocycles. The van der Waals surface area contributed by atoms with E-state index in [-0.39, 0.29) is 17.6 Å². The number of ether oxygens (including phenoxy) is 1. The SMILES string of the molecule is COC(=O)C(C)(C)C(NCCCNc1n[nH]c(=O)c2ccccc12)c1ccccc1. The number of hydrogen-bond donors (Lipinski definition) is 3. The molecule has 1 aromatic heterocycles. The van der Waals surface area contributed by atoms with Gasteiger partial charge >= 0.3 is 5.97 Å². The first kappa shape index (κ1) is 21.5. The molecule has 0 bridgehead atoms. The Bertz CT molecular complexity index is 1050. The lowest BCUT2D eigenvalue weighted by molar-refractivity contribution is -0.152. The number of aromatic nitrogens is 2. The third-order valence-electron chi connectivity index (χ3n) is 5.26. The number of carbonyl (C=O) groups is 1. The molecule has 1 heterocycles. The number of benzene rings is 2. The maximum absolute atomic E-state index is 12.4. The Labute approximate surface area is 175 Å². The van der Waals surface area contributed by atoms with Crippen molar-refractivity contribution in [2.75, 3.05) is 25.5 Å². The zero-order chi connectivity index (χ0) is 21.6. The molecule has 0 aliphatic heterocycles. The van der Waals surface area contributed by atoms with Gasteiger partial charge in [-0.05, 0) is 38.4 Å². The predicted molar refractivity (Wildman–Crippen MR) is 118 cm³/mol. The van der Waals surface area contributed by atoms with Crippen LogP contribution in [0.3, 0.4) is 0 Å². The van der Waals surface area contributed by atoms with Gasteiger partial charge in [0.25, 0.3) is 5.56 Å². The van der Waals surface area contributed by atoms with Crippen LogP contribution in [0.1, 0.15) is 31.9 Å². The van der Waals surface area contributed by atoms with E-state index in [0.29, 0.717) is 24.3 Å². The van der Waals surface area contributed by atoms with Gasteiger partial charge in [-0.25, -0.2) is 5.10 Å². The quantitative estimate of drug-likeness (QED) is 0.372. The highest BCUT2D eigenvalue weighted by molar-refractivity contribution is 5.90. The van der Waals surface area contributed by atoms with Crippen LogP contribution < -0.4 is 16.2 Å². The summed E-state index contributed by atoms with van der Waals surface area (Å²) in [7, 11) is 1.41. The van der Waals surface area contributed by atoms with E-state index >= 15 is 0 Å². The van der Waals surface area contributed by atoms with Crippen LogP contribution in [0.2, 0.25) is 0 Å². The van der Waals surface area contributed by atoms with Crippen molar-refractivity contribution in [1.29, 1.82) is 0 Å². The molecule has 2 aromatic carbocycles. The lowest BCUT2D eigenvalue weighted by Crippen LogP contribution is -2.41. The molecule has 3 rings (SSSR count). The maximum Gasteiger partial charge on any atom is 0.313 e. The van der Waals surface area contributed by atoms with Gasteiger partial charge in [-0.3, -0.25) is 9.59 Å². The fourth-order valence-corrected chi connectivity index (χ4v) is 3.61. The van der Waals surface area contributed by atoms with Gasteiger partial charge in [0.15, 0.2) is 5.82 Å². The van der Waals surface area contributed by atoms with Gasteiger partial charge in [-0.2, -0.15) is 5.10 Å². The lowest BCUT2D eigenvalue weighted by atomic mass is 9.80. The number of esters is 1. The van der Waals surface area contributed by atoms with Gasteiger partial charge in [0.2, 0.25) is 0 Å². The van der Waals surface area contributed by atoms with Crippen LogP contribution >= 0.6 is 0 Å². The largest absolute Gasteiger partial charge is 0.469 e. The number of nitrogens with one attached hydrogen (secondary N) is 3. The van der Waals surface area contributed by atoms with Gasteiger partial charge in [0.1, 0.15) is 0 Å². The smallest absolute Gasteiger partial charge is 0.313 e. The third-order valence-corrected chi connectivity index (χ3v) is 5.26.